The van der Waals surface area contributed by atoms with Crippen molar-refractivity contribution in [2.45, 2.75) is 11.7 Å². The van der Waals surface area contributed by atoms with Crippen molar-refractivity contribution in [2.75, 3.05) is 0 Å². The molecule has 1 aliphatic rings. The molecule has 0 radical (unpaired) electrons. The summed E-state index contributed by atoms with van der Waals surface area (Å²) >= 11 is -2.20. The van der Waals surface area contributed by atoms with Crippen molar-refractivity contribution >= 4 is 28.7 Å². The van der Waals surface area contributed by atoms with Crippen molar-refractivity contribution in [2.24, 2.45) is 0 Å². The number of hydrogen-bond donors (Lipinski definition) is 1. The molecular weight excluding hydrogens is 407 g/mol. The van der Waals surface area contributed by atoms with Crippen LogP contribution in [0.1, 0.15) is 28.2 Å². The lowest BCUT2D eigenvalue weighted by Gasteiger charge is -2.28. The van der Waals surface area contributed by atoms with Gasteiger partial charge in [-0.3, -0.25) is 4.21 Å². The zero-order chi connectivity index (χ0) is 21.3. The summed E-state index contributed by atoms with van der Waals surface area (Å²) in [6.45, 7) is 0. The van der Waals surface area contributed by atoms with E-state index in [2.05, 4.69) is 0 Å². The maximum absolute atomic E-state index is 13.5. The lowest BCUT2D eigenvalue weighted by atomic mass is 9.83. The average Bonchev–Trinajstić information content (AvgIpc) is 2.73. The molecule has 3 aromatic carbocycles. The predicted molar refractivity (Wildman–Crippen MR) is 110 cm³/mol. The third-order valence-corrected chi connectivity index (χ3v) is 5.46. The first-order valence-electron chi connectivity index (χ1n) is 9.07. The van der Waals surface area contributed by atoms with Crippen molar-refractivity contribution in [3.63, 3.8) is 0 Å². The highest BCUT2D eigenvalue weighted by atomic mass is 32.2. The summed E-state index contributed by atoms with van der Waals surface area (Å²) in [6, 6.07) is 17.0. The SMILES string of the molecule is O=CC1C(c2ccc(F)cc2)=C(c2ccc(CS(=O)[O-])cc2)Oc2ccc(O)cc21. The van der Waals surface area contributed by atoms with E-state index in [9.17, 15) is 23.1 Å². The highest BCUT2D eigenvalue weighted by Crippen LogP contribution is 2.46. The molecule has 1 N–H and O–H groups in total. The van der Waals surface area contributed by atoms with Crippen LogP contribution < -0.4 is 4.74 Å². The summed E-state index contributed by atoms with van der Waals surface area (Å²) in [4.78, 5) is 12.1. The fourth-order valence-corrected chi connectivity index (χ4v) is 3.98. The first-order chi connectivity index (χ1) is 14.5. The van der Waals surface area contributed by atoms with Crippen LogP contribution in [0.4, 0.5) is 4.39 Å². The van der Waals surface area contributed by atoms with Crippen LogP contribution in [0.15, 0.2) is 66.7 Å². The van der Waals surface area contributed by atoms with Crippen LogP contribution in [-0.4, -0.2) is 20.2 Å². The number of aldehydes is 1. The third kappa shape index (κ3) is 3.90. The highest BCUT2D eigenvalue weighted by Gasteiger charge is 2.31. The van der Waals surface area contributed by atoms with Gasteiger partial charge in [0.05, 0.1) is 5.92 Å². The normalized spacial score (nSPS) is 16.5. The summed E-state index contributed by atoms with van der Waals surface area (Å²) in [5.41, 5.74) is 2.89. The maximum atomic E-state index is 13.5. The van der Waals surface area contributed by atoms with E-state index in [0.717, 1.165) is 6.29 Å². The molecule has 5 nitrogen and oxygen atoms in total. The smallest absolute Gasteiger partial charge is 0.139 e. The topological polar surface area (TPSA) is 86.7 Å². The zero-order valence-electron chi connectivity index (χ0n) is 15.6. The molecule has 3 aromatic rings. The second-order valence-corrected chi connectivity index (χ2v) is 7.73. The van der Waals surface area contributed by atoms with Gasteiger partial charge in [0.15, 0.2) is 0 Å². The molecule has 0 saturated carbocycles. The Morgan fingerprint density at radius 2 is 1.70 bits per heavy atom. The molecule has 0 fully saturated rings. The van der Waals surface area contributed by atoms with E-state index in [1.165, 1.54) is 24.3 Å². The van der Waals surface area contributed by atoms with Gasteiger partial charge in [0.25, 0.3) is 0 Å². The Labute approximate surface area is 174 Å². The largest absolute Gasteiger partial charge is 0.772 e. The molecule has 1 heterocycles. The van der Waals surface area contributed by atoms with Crippen molar-refractivity contribution < 1.29 is 27.8 Å². The van der Waals surface area contributed by atoms with Gasteiger partial charge < -0.3 is 19.2 Å². The summed E-state index contributed by atoms with van der Waals surface area (Å²) in [7, 11) is 0. The second kappa shape index (κ2) is 8.22. The first-order valence-corrected chi connectivity index (χ1v) is 10.3. The van der Waals surface area contributed by atoms with Gasteiger partial charge in [-0.25, -0.2) is 4.39 Å². The monoisotopic (exact) mass is 423 g/mol. The number of phenols is 1. The fraction of sp³-hybridized carbons (Fsp3) is 0.0870. The van der Waals surface area contributed by atoms with Crippen LogP contribution in [0.5, 0.6) is 11.5 Å². The standard InChI is InChI=1S/C23H17FO5S/c24-17-7-5-15(6-8-17)22-20(12-25)19-11-18(26)9-10-21(19)29-23(22)16-3-1-14(2-4-16)13-30(27)28/h1-12,20,26H,13H2,(H,27,28)/p-1. The number of fused-ring (bicyclic) bond motifs is 1. The average molecular weight is 423 g/mol. The molecule has 0 saturated heterocycles. The van der Waals surface area contributed by atoms with E-state index in [0.29, 0.717) is 39.3 Å². The Balaban J connectivity index is 1.90. The number of carbonyl (C=O) groups is 1. The zero-order valence-corrected chi connectivity index (χ0v) is 16.4. The number of aromatic hydroxyl groups is 1. The van der Waals surface area contributed by atoms with Crippen LogP contribution in [0.2, 0.25) is 0 Å². The molecule has 0 amide bonds. The van der Waals surface area contributed by atoms with Crippen molar-refractivity contribution in [1.29, 1.82) is 0 Å². The van der Waals surface area contributed by atoms with Gasteiger partial charge in [0.2, 0.25) is 0 Å². The fourth-order valence-electron chi connectivity index (χ4n) is 3.52. The van der Waals surface area contributed by atoms with E-state index in [4.69, 9.17) is 4.74 Å². The van der Waals surface area contributed by atoms with Gasteiger partial charge >= 0.3 is 0 Å². The number of halogens is 1. The number of carbonyl (C=O) groups excluding carboxylic acids is 1. The first kappa shape index (κ1) is 20.0. The Hall–Kier alpha value is -3.29. The van der Waals surface area contributed by atoms with Gasteiger partial charge in [-0.15, -0.1) is 0 Å². The molecule has 0 aromatic heterocycles. The van der Waals surface area contributed by atoms with Gasteiger partial charge in [-0.2, -0.15) is 0 Å². The number of ether oxygens (including phenoxy) is 1. The van der Waals surface area contributed by atoms with Crippen molar-refractivity contribution in [1.82, 2.24) is 0 Å². The number of benzene rings is 3. The van der Waals surface area contributed by atoms with Crippen molar-refractivity contribution in [3.05, 3.63) is 94.8 Å². The number of hydrogen-bond acceptors (Lipinski definition) is 5. The molecule has 7 heteroatoms. The van der Waals surface area contributed by atoms with Gasteiger partial charge in [-0.05, 0) is 41.5 Å². The second-order valence-electron chi connectivity index (χ2n) is 6.83. The molecule has 2 unspecified atom stereocenters. The molecule has 0 aliphatic carbocycles. The van der Waals surface area contributed by atoms with Crippen LogP contribution in [-0.2, 0) is 21.6 Å². The molecule has 2 atom stereocenters. The Bertz CT molecular complexity index is 1150. The van der Waals surface area contributed by atoms with E-state index < -0.39 is 22.8 Å². The number of phenolic OH excluding ortho intramolecular Hbond substituents is 1. The minimum absolute atomic E-state index is 0.000993. The van der Waals surface area contributed by atoms with E-state index >= 15 is 0 Å². The maximum Gasteiger partial charge on any atom is 0.139 e. The number of rotatable bonds is 5. The Kier molecular flexibility index (Phi) is 5.48. The summed E-state index contributed by atoms with van der Waals surface area (Å²) in [5.74, 6) is -0.420. The number of allylic oxidation sites excluding steroid dienone is 1. The molecule has 0 bridgehead atoms. The van der Waals surface area contributed by atoms with E-state index in [-0.39, 0.29) is 11.5 Å². The van der Waals surface area contributed by atoms with Crippen LogP contribution >= 0.6 is 0 Å². The molecular formula is C23H16FO5S-. The molecule has 4 rings (SSSR count). The Morgan fingerprint density at radius 3 is 2.33 bits per heavy atom. The van der Waals surface area contributed by atoms with Crippen LogP contribution in [0.3, 0.4) is 0 Å². The van der Waals surface area contributed by atoms with E-state index in [1.807, 2.05) is 0 Å². The van der Waals surface area contributed by atoms with Crippen molar-refractivity contribution in [3.8, 4) is 11.5 Å². The summed E-state index contributed by atoms with van der Waals surface area (Å²) in [6.07, 6.45) is 0.758. The molecule has 30 heavy (non-hydrogen) atoms. The van der Waals surface area contributed by atoms with Crippen LogP contribution in [0, 0.1) is 5.82 Å². The van der Waals surface area contributed by atoms with Gasteiger partial charge in [0.1, 0.15) is 29.4 Å². The lowest BCUT2D eigenvalue weighted by molar-refractivity contribution is -0.108. The summed E-state index contributed by atoms with van der Waals surface area (Å²) < 4.78 is 41.5. The lowest BCUT2D eigenvalue weighted by Crippen LogP contribution is -2.16. The van der Waals surface area contributed by atoms with Crippen LogP contribution in [0.25, 0.3) is 11.3 Å². The Morgan fingerprint density at radius 1 is 1.03 bits per heavy atom. The molecule has 1 aliphatic heterocycles. The minimum atomic E-state index is -2.20. The molecule has 152 valence electrons. The molecule has 0 spiro atoms. The van der Waals surface area contributed by atoms with E-state index in [1.54, 1.807) is 42.5 Å². The quantitative estimate of drug-likeness (QED) is 0.492. The predicted octanol–water partition coefficient (Wildman–Crippen LogP) is 4.15. The summed E-state index contributed by atoms with van der Waals surface area (Å²) in [5, 5.41) is 9.89. The van der Waals surface area contributed by atoms with Gasteiger partial charge in [0, 0.05) is 22.5 Å². The minimum Gasteiger partial charge on any atom is -0.772 e. The highest BCUT2D eigenvalue weighted by molar-refractivity contribution is 7.78. The third-order valence-electron chi connectivity index (χ3n) is 4.89. The van der Waals surface area contributed by atoms with Gasteiger partial charge in [-0.1, -0.05) is 47.5 Å².